The average Bonchev–Trinajstić information content (AvgIpc) is 2.96. The first-order valence-corrected chi connectivity index (χ1v) is 15.5. The Bertz CT molecular complexity index is 1410. The Hall–Kier alpha value is -3.07. The van der Waals surface area contributed by atoms with E-state index < -0.39 is 28.5 Å². The van der Waals surface area contributed by atoms with Crippen molar-refractivity contribution in [1.29, 1.82) is 0 Å². The van der Waals surface area contributed by atoms with Crippen LogP contribution in [0.5, 0.6) is 0 Å². The van der Waals surface area contributed by atoms with Gasteiger partial charge in [0.05, 0.1) is 10.6 Å². The third-order valence-corrected chi connectivity index (χ3v) is 9.55. The highest BCUT2D eigenvalue weighted by molar-refractivity contribution is 7.92. The van der Waals surface area contributed by atoms with Gasteiger partial charge in [0.2, 0.25) is 11.8 Å². The topological polar surface area (TPSA) is 86.8 Å². The Kier molecular flexibility index (Phi) is 10.1. The molecule has 0 spiro atoms. The van der Waals surface area contributed by atoms with Crippen LogP contribution in [-0.4, -0.2) is 43.8 Å². The van der Waals surface area contributed by atoms with Gasteiger partial charge in [0, 0.05) is 22.6 Å². The van der Waals surface area contributed by atoms with E-state index in [9.17, 15) is 18.0 Å². The van der Waals surface area contributed by atoms with Gasteiger partial charge in [-0.05, 0) is 67.8 Å². The summed E-state index contributed by atoms with van der Waals surface area (Å²) in [5.74, 6) is -0.822. The van der Waals surface area contributed by atoms with Crippen molar-refractivity contribution in [3.63, 3.8) is 0 Å². The summed E-state index contributed by atoms with van der Waals surface area (Å²) in [6, 6.07) is 20.4. The number of rotatable bonds is 10. The second-order valence-corrected chi connectivity index (χ2v) is 12.6. The average molecular weight is 603 g/mol. The summed E-state index contributed by atoms with van der Waals surface area (Å²) in [6.45, 7) is 1.17. The number of benzene rings is 3. The summed E-state index contributed by atoms with van der Waals surface area (Å²) in [5, 5.41) is 3.97. The van der Waals surface area contributed by atoms with E-state index in [0.717, 1.165) is 36.4 Å². The summed E-state index contributed by atoms with van der Waals surface area (Å²) in [5.41, 5.74) is 0.928. The van der Waals surface area contributed by atoms with Gasteiger partial charge in [-0.2, -0.15) is 0 Å². The number of hydrogen-bond acceptors (Lipinski definition) is 4. The van der Waals surface area contributed by atoms with Crippen LogP contribution in [0.3, 0.4) is 0 Å². The minimum atomic E-state index is -4.13. The fourth-order valence-corrected chi connectivity index (χ4v) is 6.57. The molecule has 0 aliphatic heterocycles. The highest BCUT2D eigenvalue weighted by Gasteiger charge is 2.33. The van der Waals surface area contributed by atoms with Gasteiger partial charge in [0.15, 0.2) is 0 Å². The zero-order chi connectivity index (χ0) is 28.7. The lowest BCUT2D eigenvalue weighted by Crippen LogP contribution is -2.53. The fourth-order valence-electron chi connectivity index (χ4n) is 4.82. The van der Waals surface area contributed by atoms with Crippen molar-refractivity contribution in [2.45, 2.75) is 62.6 Å². The molecule has 40 heavy (non-hydrogen) atoms. The molecule has 4 rings (SSSR count). The number of halogens is 2. The second-order valence-electron chi connectivity index (χ2n) is 9.93. The van der Waals surface area contributed by atoms with Gasteiger partial charge in [-0.25, -0.2) is 8.42 Å². The lowest BCUT2D eigenvalue weighted by molar-refractivity contribution is -0.139. The third-order valence-electron chi connectivity index (χ3n) is 7.14. The molecule has 10 heteroatoms. The molecule has 1 atom stereocenters. The Morgan fingerprint density at radius 3 is 2.17 bits per heavy atom. The zero-order valence-electron chi connectivity index (χ0n) is 22.3. The summed E-state index contributed by atoms with van der Waals surface area (Å²) in [6.07, 6.45) is 5.05. The molecule has 0 saturated heterocycles. The molecule has 3 aromatic rings. The van der Waals surface area contributed by atoms with Crippen LogP contribution in [-0.2, 0) is 26.2 Å². The number of carbonyl (C=O) groups is 2. The van der Waals surface area contributed by atoms with E-state index in [1.165, 1.54) is 17.0 Å². The number of hydrogen-bond donors (Lipinski definition) is 1. The Balaban J connectivity index is 1.67. The maximum atomic E-state index is 14.0. The van der Waals surface area contributed by atoms with Crippen molar-refractivity contribution in [1.82, 2.24) is 10.2 Å². The molecular formula is C30H33Cl2N3O4S. The normalized spacial score (nSPS) is 14.8. The molecule has 0 radical (unpaired) electrons. The summed E-state index contributed by atoms with van der Waals surface area (Å²) in [7, 11) is -4.13. The Morgan fingerprint density at radius 2 is 1.52 bits per heavy atom. The predicted molar refractivity (Wildman–Crippen MR) is 159 cm³/mol. The van der Waals surface area contributed by atoms with E-state index in [1.54, 1.807) is 73.7 Å². The molecule has 212 valence electrons. The van der Waals surface area contributed by atoms with Crippen molar-refractivity contribution in [3.05, 3.63) is 94.5 Å². The molecule has 1 N–H and O–H groups in total. The SMILES string of the molecule is C[C@H](C(=O)NC1CCCCC1)N(Cc1ccccc1Cl)C(=O)CN(c1ccc(Cl)cc1)S(=O)(=O)c1ccccc1. The maximum Gasteiger partial charge on any atom is 0.264 e. The van der Waals surface area contributed by atoms with Gasteiger partial charge in [-0.3, -0.25) is 13.9 Å². The van der Waals surface area contributed by atoms with Crippen LogP contribution < -0.4 is 9.62 Å². The van der Waals surface area contributed by atoms with Crippen molar-refractivity contribution >= 4 is 50.7 Å². The lowest BCUT2D eigenvalue weighted by Gasteiger charge is -2.33. The molecule has 3 aromatic carbocycles. The lowest BCUT2D eigenvalue weighted by atomic mass is 9.95. The molecule has 0 bridgehead atoms. The number of nitrogens with one attached hydrogen (secondary N) is 1. The number of anilines is 1. The molecule has 1 saturated carbocycles. The third kappa shape index (κ3) is 7.36. The molecule has 2 amide bonds. The van der Waals surface area contributed by atoms with Crippen LogP contribution in [0.25, 0.3) is 0 Å². The number of carbonyl (C=O) groups excluding carboxylic acids is 2. The van der Waals surface area contributed by atoms with Crippen LogP contribution in [0.2, 0.25) is 10.0 Å². The maximum absolute atomic E-state index is 14.0. The zero-order valence-corrected chi connectivity index (χ0v) is 24.6. The molecule has 7 nitrogen and oxygen atoms in total. The van der Waals surface area contributed by atoms with Gasteiger partial charge >= 0.3 is 0 Å². The quantitative estimate of drug-likeness (QED) is 0.306. The largest absolute Gasteiger partial charge is 0.352 e. The van der Waals surface area contributed by atoms with Gasteiger partial charge < -0.3 is 10.2 Å². The van der Waals surface area contributed by atoms with Gasteiger partial charge in [0.25, 0.3) is 10.0 Å². The molecule has 1 aliphatic carbocycles. The van der Waals surface area contributed by atoms with Gasteiger partial charge in [-0.1, -0.05) is 78.9 Å². The minimum Gasteiger partial charge on any atom is -0.352 e. The summed E-state index contributed by atoms with van der Waals surface area (Å²) >= 11 is 12.5. The monoisotopic (exact) mass is 601 g/mol. The van der Waals surface area contributed by atoms with E-state index >= 15 is 0 Å². The van der Waals surface area contributed by atoms with E-state index in [-0.39, 0.29) is 29.1 Å². The molecule has 1 fully saturated rings. The summed E-state index contributed by atoms with van der Waals surface area (Å²) < 4.78 is 28.6. The smallest absolute Gasteiger partial charge is 0.264 e. The van der Waals surface area contributed by atoms with E-state index in [2.05, 4.69) is 5.32 Å². The first kappa shape index (κ1) is 29.9. The Morgan fingerprint density at radius 1 is 0.900 bits per heavy atom. The fraction of sp³-hybridized carbons (Fsp3) is 0.333. The van der Waals surface area contributed by atoms with E-state index in [0.29, 0.717) is 15.6 Å². The standard InChI is InChI=1S/C30H33Cl2N3O4S/c1-22(30(37)33-25-11-4-2-5-12-25)34(20-23-10-8-9-15-28(23)32)29(36)21-35(26-18-16-24(31)17-19-26)40(38,39)27-13-6-3-7-14-27/h3,6-10,13-19,22,25H,2,4-5,11-12,20-21H2,1H3,(H,33,37)/t22-/m1/s1. The second kappa shape index (κ2) is 13.5. The number of sulfonamides is 1. The van der Waals surface area contributed by atoms with Crippen molar-refractivity contribution in [2.75, 3.05) is 10.8 Å². The van der Waals surface area contributed by atoms with E-state index in [4.69, 9.17) is 23.2 Å². The minimum absolute atomic E-state index is 0.0393. The first-order valence-electron chi connectivity index (χ1n) is 13.3. The van der Waals surface area contributed by atoms with Crippen molar-refractivity contribution in [2.24, 2.45) is 0 Å². The van der Waals surface area contributed by atoms with Gasteiger partial charge in [0.1, 0.15) is 12.6 Å². The molecule has 0 aromatic heterocycles. The van der Waals surface area contributed by atoms with Crippen LogP contribution in [0, 0.1) is 0 Å². The van der Waals surface area contributed by atoms with Crippen LogP contribution in [0.15, 0.2) is 83.8 Å². The molecule has 0 unspecified atom stereocenters. The predicted octanol–water partition coefficient (Wildman–Crippen LogP) is 6.05. The van der Waals surface area contributed by atoms with Crippen LogP contribution in [0.4, 0.5) is 5.69 Å². The van der Waals surface area contributed by atoms with Crippen LogP contribution >= 0.6 is 23.2 Å². The van der Waals surface area contributed by atoms with Crippen LogP contribution in [0.1, 0.15) is 44.6 Å². The molecule has 1 aliphatic rings. The van der Waals surface area contributed by atoms with E-state index in [1.807, 2.05) is 0 Å². The molecule has 0 heterocycles. The highest BCUT2D eigenvalue weighted by Crippen LogP contribution is 2.27. The Labute approximate surface area is 246 Å². The first-order chi connectivity index (χ1) is 19.2. The van der Waals surface area contributed by atoms with Crippen molar-refractivity contribution in [3.8, 4) is 0 Å². The van der Waals surface area contributed by atoms with Crippen molar-refractivity contribution < 1.29 is 18.0 Å². The van der Waals surface area contributed by atoms with Gasteiger partial charge in [-0.15, -0.1) is 0 Å². The molecular weight excluding hydrogens is 569 g/mol. The number of amides is 2. The number of nitrogens with zero attached hydrogens (tertiary/aromatic N) is 2. The summed E-state index contributed by atoms with van der Waals surface area (Å²) in [4.78, 5) is 28.8. The highest BCUT2D eigenvalue weighted by atomic mass is 35.5.